The highest BCUT2D eigenvalue weighted by Gasteiger charge is 2.20. The predicted octanol–water partition coefficient (Wildman–Crippen LogP) is 3.56. The third-order valence-electron chi connectivity index (χ3n) is 4.94. The lowest BCUT2D eigenvalue weighted by Gasteiger charge is -2.26. The van der Waals surface area contributed by atoms with Crippen LogP contribution in [0.25, 0.3) is 0 Å². The van der Waals surface area contributed by atoms with Crippen LogP contribution in [0, 0.1) is 6.92 Å². The summed E-state index contributed by atoms with van der Waals surface area (Å²) in [5, 5.41) is 2.82. The number of amides is 2. The highest BCUT2D eigenvalue weighted by atomic mass is 16.7. The van der Waals surface area contributed by atoms with E-state index in [9.17, 15) is 9.59 Å². The molecule has 0 spiro atoms. The average molecular weight is 397 g/mol. The van der Waals surface area contributed by atoms with Crippen molar-refractivity contribution in [1.29, 1.82) is 0 Å². The Labute approximate surface area is 171 Å². The van der Waals surface area contributed by atoms with Crippen LogP contribution in [-0.2, 0) is 9.59 Å². The second-order valence-corrected chi connectivity index (χ2v) is 6.86. The molecule has 1 heterocycles. The van der Waals surface area contributed by atoms with Crippen molar-refractivity contribution in [3.63, 3.8) is 0 Å². The van der Waals surface area contributed by atoms with Crippen molar-refractivity contribution >= 4 is 28.9 Å². The number of nitrogens with one attached hydrogen (secondary N) is 1. The maximum atomic E-state index is 12.6. The SMILES string of the molecule is CCN(CC)c1ccc(N(CC(=O)Nc2ccc3c(c2)OCO3)C(C)=O)c(C)c1. The number of hydrogen-bond acceptors (Lipinski definition) is 5. The van der Waals surface area contributed by atoms with Gasteiger partial charge in [-0.2, -0.15) is 0 Å². The van der Waals surface area contributed by atoms with E-state index in [-0.39, 0.29) is 25.2 Å². The number of hydrogen-bond donors (Lipinski definition) is 1. The van der Waals surface area contributed by atoms with Crippen LogP contribution >= 0.6 is 0 Å². The smallest absolute Gasteiger partial charge is 0.244 e. The lowest BCUT2D eigenvalue weighted by atomic mass is 10.1. The zero-order valence-electron chi connectivity index (χ0n) is 17.3. The molecule has 0 atom stereocenters. The molecule has 0 saturated heterocycles. The summed E-state index contributed by atoms with van der Waals surface area (Å²) in [6.45, 7) is 9.54. The lowest BCUT2D eigenvalue weighted by Crippen LogP contribution is -2.37. The topological polar surface area (TPSA) is 71.1 Å². The fourth-order valence-corrected chi connectivity index (χ4v) is 3.41. The largest absolute Gasteiger partial charge is 0.454 e. The van der Waals surface area contributed by atoms with Crippen molar-refractivity contribution in [3.8, 4) is 11.5 Å². The van der Waals surface area contributed by atoms with Crippen LogP contribution in [0.3, 0.4) is 0 Å². The molecule has 1 aliphatic rings. The summed E-state index contributed by atoms with van der Waals surface area (Å²) in [5.74, 6) is 0.766. The second-order valence-electron chi connectivity index (χ2n) is 6.86. The molecule has 1 aliphatic heterocycles. The first kappa shape index (κ1) is 20.5. The van der Waals surface area contributed by atoms with Gasteiger partial charge in [-0.15, -0.1) is 0 Å². The number of fused-ring (bicyclic) bond motifs is 1. The van der Waals surface area contributed by atoms with E-state index in [4.69, 9.17) is 9.47 Å². The van der Waals surface area contributed by atoms with E-state index in [0.717, 1.165) is 30.0 Å². The van der Waals surface area contributed by atoms with Crippen LogP contribution in [0.2, 0.25) is 0 Å². The monoisotopic (exact) mass is 397 g/mol. The molecule has 29 heavy (non-hydrogen) atoms. The Morgan fingerprint density at radius 1 is 1.03 bits per heavy atom. The van der Waals surface area contributed by atoms with Crippen molar-refractivity contribution in [3.05, 3.63) is 42.0 Å². The van der Waals surface area contributed by atoms with Gasteiger partial charge in [0.25, 0.3) is 0 Å². The summed E-state index contributed by atoms with van der Waals surface area (Å²) in [5.41, 5.74) is 3.37. The molecule has 2 amide bonds. The van der Waals surface area contributed by atoms with E-state index in [2.05, 4.69) is 24.1 Å². The Bertz CT molecular complexity index is 909. The van der Waals surface area contributed by atoms with Crippen molar-refractivity contribution in [2.75, 3.05) is 41.5 Å². The highest BCUT2D eigenvalue weighted by molar-refractivity contribution is 6.02. The fourth-order valence-electron chi connectivity index (χ4n) is 3.41. The van der Waals surface area contributed by atoms with Gasteiger partial charge in [-0.3, -0.25) is 9.59 Å². The van der Waals surface area contributed by atoms with Crippen molar-refractivity contribution in [1.82, 2.24) is 0 Å². The van der Waals surface area contributed by atoms with Crippen LogP contribution in [0.4, 0.5) is 17.1 Å². The Balaban J connectivity index is 1.74. The zero-order chi connectivity index (χ0) is 21.0. The summed E-state index contributed by atoms with van der Waals surface area (Å²) in [6.07, 6.45) is 0. The molecular weight excluding hydrogens is 370 g/mol. The van der Waals surface area contributed by atoms with E-state index < -0.39 is 0 Å². The standard InChI is InChI=1S/C22H27N3O4/c1-5-24(6-2)18-8-9-19(15(3)11-18)25(16(4)26)13-22(27)23-17-7-10-20-21(12-17)29-14-28-20/h7-12H,5-6,13-14H2,1-4H3,(H,23,27). The molecule has 2 aromatic carbocycles. The Hall–Kier alpha value is -3.22. The van der Waals surface area contributed by atoms with Gasteiger partial charge >= 0.3 is 0 Å². The zero-order valence-corrected chi connectivity index (χ0v) is 17.3. The van der Waals surface area contributed by atoms with Crippen molar-refractivity contribution in [2.24, 2.45) is 0 Å². The van der Waals surface area contributed by atoms with Crippen LogP contribution in [0.1, 0.15) is 26.3 Å². The van der Waals surface area contributed by atoms with Gasteiger partial charge in [-0.05, 0) is 56.7 Å². The number of nitrogens with zero attached hydrogens (tertiary/aromatic N) is 2. The van der Waals surface area contributed by atoms with Gasteiger partial charge in [0.05, 0.1) is 0 Å². The molecular formula is C22H27N3O4. The molecule has 7 heteroatoms. The summed E-state index contributed by atoms with van der Waals surface area (Å²) in [4.78, 5) is 28.6. The van der Waals surface area contributed by atoms with E-state index in [1.54, 1.807) is 18.2 Å². The number of anilines is 3. The number of benzene rings is 2. The molecule has 0 radical (unpaired) electrons. The predicted molar refractivity (Wildman–Crippen MR) is 114 cm³/mol. The maximum Gasteiger partial charge on any atom is 0.244 e. The molecule has 0 saturated carbocycles. The van der Waals surface area contributed by atoms with E-state index in [1.807, 2.05) is 25.1 Å². The molecule has 0 aliphatic carbocycles. The van der Waals surface area contributed by atoms with Crippen molar-refractivity contribution < 1.29 is 19.1 Å². The van der Waals surface area contributed by atoms with Gasteiger partial charge in [0.1, 0.15) is 6.54 Å². The minimum Gasteiger partial charge on any atom is -0.454 e. The number of ether oxygens (including phenoxy) is 2. The molecule has 2 aromatic rings. The van der Waals surface area contributed by atoms with Gasteiger partial charge in [0.15, 0.2) is 11.5 Å². The molecule has 0 fully saturated rings. The van der Waals surface area contributed by atoms with E-state index in [1.165, 1.54) is 11.8 Å². The Morgan fingerprint density at radius 3 is 2.41 bits per heavy atom. The summed E-state index contributed by atoms with van der Waals surface area (Å²) in [6, 6.07) is 11.1. The van der Waals surface area contributed by atoms with Crippen LogP contribution in [0.5, 0.6) is 11.5 Å². The first-order valence-corrected chi connectivity index (χ1v) is 9.76. The quantitative estimate of drug-likeness (QED) is 0.774. The van der Waals surface area contributed by atoms with E-state index >= 15 is 0 Å². The molecule has 0 bridgehead atoms. The van der Waals surface area contributed by atoms with Crippen LogP contribution < -0.4 is 24.6 Å². The van der Waals surface area contributed by atoms with Gasteiger partial charge in [0, 0.05) is 43.1 Å². The Morgan fingerprint density at radius 2 is 1.76 bits per heavy atom. The van der Waals surface area contributed by atoms with Crippen LogP contribution in [-0.4, -0.2) is 38.2 Å². The van der Waals surface area contributed by atoms with Gasteiger partial charge < -0.3 is 24.6 Å². The molecule has 154 valence electrons. The van der Waals surface area contributed by atoms with Gasteiger partial charge in [-0.25, -0.2) is 0 Å². The van der Waals surface area contributed by atoms with Crippen molar-refractivity contribution in [2.45, 2.75) is 27.7 Å². The third kappa shape index (κ3) is 4.62. The molecule has 0 aromatic heterocycles. The minimum atomic E-state index is -0.286. The first-order chi connectivity index (χ1) is 13.9. The molecule has 0 unspecified atom stereocenters. The van der Waals surface area contributed by atoms with Gasteiger partial charge in [-0.1, -0.05) is 0 Å². The van der Waals surface area contributed by atoms with E-state index in [0.29, 0.717) is 17.2 Å². The molecule has 3 rings (SSSR count). The summed E-state index contributed by atoms with van der Waals surface area (Å²) < 4.78 is 10.6. The normalized spacial score (nSPS) is 11.9. The third-order valence-corrected chi connectivity index (χ3v) is 4.94. The molecule has 1 N–H and O–H groups in total. The Kier molecular flexibility index (Phi) is 6.26. The summed E-state index contributed by atoms with van der Waals surface area (Å²) in [7, 11) is 0. The van der Waals surface area contributed by atoms with Gasteiger partial charge in [0.2, 0.25) is 18.6 Å². The maximum absolute atomic E-state index is 12.6. The number of carbonyl (C=O) groups is 2. The average Bonchev–Trinajstić information content (AvgIpc) is 3.15. The number of aryl methyl sites for hydroxylation is 1. The minimum absolute atomic E-state index is 0.0742. The second kappa shape index (κ2) is 8.86. The summed E-state index contributed by atoms with van der Waals surface area (Å²) >= 11 is 0. The first-order valence-electron chi connectivity index (χ1n) is 9.76. The lowest BCUT2D eigenvalue weighted by molar-refractivity contribution is -0.120. The highest BCUT2D eigenvalue weighted by Crippen LogP contribution is 2.34. The number of carbonyl (C=O) groups excluding carboxylic acids is 2. The number of rotatable bonds is 7. The molecule has 7 nitrogen and oxygen atoms in total. The van der Waals surface area contributed by atoms with Crippen LogP contribution in [0.15, 0.2) is 36.4 Å². The fraction of sp³-hybridized carbons (Fsp3) is 0.364.